The molecule has 0 aromatic rings. The smallest absolute Gasteiger partial charge is 0.0107 e. The summed E-state index contributed by atoms with van der Waals surface area (Å²) in [6.07, 6.45) is 5.45. The minimum Gasteiger partial charge on any atom is -0.313 e. The Bertz CT molecular complexity index is 218. The van der Waals surface area contributed by atoms with E-state index in [9.17, 15) is 0 Å². The molecule has 0 aliphatic carbocycles. The van der Waals surface area contributed by atoms with E-state index >= 15 is 0 Å². The molecule has 1 rings (SSSR count). The SMILES string of the molecule is CCCN(CCNC(C)C)CC1CCCN(C)CC1. The molecule has 1 aliphatic heterocycles. The van der Waals surface area contributed by atoms with Gasteiger partial charge in [0.15, 0.2) is 0 Å². The third-order valence-electron chi connectivity index (χ3n) is 4.11. The molecule has 3 nitrogen and oxygen atoms in total. The Morgan fingerprint density at radius 3 is 2.68 bits per heavy atom. The van der Waals surface area contributed by atoms with Crippen LogP contribution in [0.5, 0.6) is 0 Å². The second-order valence-electron chi connectivity index (χ2n) is 6.51. The maximum Gasteiger partial charge on any atom is 0.0107 e. The van der Waals surface area contributed by atoms with Gasteiger partial charge in [-0.15, -0.1) is 0 Å². The summed E-state index contributed by atoms with van der Waals surface area (Å²) >= 11 is 0. The Balaban J connectivity index is 2.30. The van der Waals surface area contributed by atoms with Crippen LogP contribution in [-0.4, -0.2) is 62.2 Å². The number of rotatable bonds is 8. The van der Waals surface area contributed by atoms with Crippen LogP contribution in [0.1, 0.15) is 46.5 Å². The Morgan fingerprint density at radius 2 is 2.00 bits per heavy atom. The third kappa shape index (κ3) is 7.91. The van der Waals surface area contributed by atoms with Gasteiger partial charge >= 0.3 is 0 Å². The Kier molecular flexibility index (Phi) is 8.67. The van der Waals surface area contributed by atoms with E-state index in [-0.39, 0.29) is 0 Å². The molecule has 1 fully saturated rings. The van der Waals surface area contributed by atoms with Crippen LogP contribution >= 0.6 is 0 Å². The Hall–Kier alpha value is -0.120. The van der Waals surface area contributed by atoms with Crippen molar-refractivity contribution >= 4 is 0 Å². The van der Waals surface area contributed by atoms with Crippen LogP contribution in [0.4, 0.5) is 0 Å². The van der Waals surface area contributed by atoms with Crippen molar-refractivity contribution in [3.63, 3.8) is 0 Å². The highest BCUT2D eigenvalue weighted by Gasteiger charge is 2.17. The predicted molar refractivity (Wildman–Crippen MR) is 84.7 cm³/mol. The van der Waals surface area contributed by atoms with Gasteiger partial charge in [-0.25, -0.2) is 0 Å². The average Bonchev–Trinajstić information content (AvgIpc) is 2.54. The maximum absolute atomic E-state index is 3.54. The molecule has 1 saturated heterocycles. The molecular formula is C16H35N3. The predicted octanol–water partition coefficient (Wildman–Crippen LogP) is 2.43. The van der Waals surface area contributed by atoms with Gasteiger partial charge in [-0.3, -0.25) is 0 Å². The molecule has 19 heavy (non-hydrogen) atoms. The molecule has 0 bridgehead atoms. The van der Waals surface area contributed by atoms with E-state index in [1.54, 1.807) is 0 Å². The second-order valence-corrected chi connectivity index (χ2v) is 6.51. The van der Waals surface area contributed by atoms with E-state index in [0.717, 1.165) is 12.5 Å². The normalized spacial score (nSPS) is 22.1. The van der Waals surface area contributed by atoms with E-state index < -0.39 is 0 Å². The number of nitrogens with one attached hydrogen (secondary N) is 1. The highest BCUT2D eigenvalue weighted by molar-refractivity contribution is 4.72. The van der Waals surface area contributed by atoms with E-state index in [1.807, 2.05) is 0 Å². The minimum atomic E-state index is 0.606. The molecule has 1 aliphatic rings. The average molecular weight is 269 g/mol. The largest absolute Gasteiger partial charge is 0.313 e. The van der Waals surface area contributed by atoms with Crippen molar-refractivity contribution in [2.75, 3.05) is 46.3 Å². The molecule has 0 spiro atoms. The standard InChI is InChI=1S/C16H35N3/c1-5-10-19(13-9-17-15(2)3)14-16-7-6-11-18(4)12-8-16/h15-17H,5-14H2,1-4H3. The van der Waals surface area contributed by atoms with Crippen LogP contribution in [0.25, 0.3) is 0 Å². The van der Waals surface area contributed by atoms with E-state index in [0.29, 0.717) is 6.04 Å². The number of likely N-dealkylation sites (tertiary alicyclic amines) is 1. The van der Waals surface area contributed by atoms with Crippen LogP contribution in [0.2, 0.25) is 0 Å². The highest BCUT2D eigenvalue weighted by atomic mass is 15.1. The summed E-state index contributed by atoms with van der Waals surface area (Å²) < 4.78 is 0. The number of hydrogen-bond donors (Lipinski definition) is 1. The van der Waals surface area contributed by atoms with Crippen molar-refractivity contribution in [1.82, 2.24) is 15.1 Å². The molecule has 1 heterocycles. The molecule has 0 saturated carbocycles. The van der Waals surface area contributed by atoms with Crippen molar-refractivity contribution in [3.05, 3.63) is 0 Å². The zero-order chi connectivity index (χ0) is 14.1. The van der Waals surface area contributed by atoms with Crippen LogP contribution in [0, 0.1) is 5.92 Å². The van der Waals surface area contributed by atoms with Crippen LogP contribution < -0.4 is 5.32 Å². The zero-order valence-electron chi connectivity index (χ0n) is 13.6. The summed E-state index contributed by atoms with van der Waals surface area (Å²) in [4.78, 5) is 5.16. The highest BCUT2D eigenvalue weighted by Crippen LogP contribution is 2.18. The maximum atomic E-state index is 3.54. The summed E-state index contributed by atoms with van der Waals surface area (Å²) in [5.41, 5.74) is 0. The van der Waals surface area contributed by atoms with E-state index in [2.05, 4.69) is 42.9 Å². The van der Waals surface area contributed by atoms with Crippen LogP contribution in [-0.2, 0) is 0 Å². The van der Waals surface area contributed by atoms with Crippen molar-refractivity contribution in [1.29, 1.82) is 0 Å². The molecule has 1 N–H and O–H groups in total. The summed E-state index contributed by atoms with van der Waals surface area (Å²) in [7, 11) is 2.26. The molecule has 0 aromatic carbocycles. The fraction of sp³-hybridized carbons (Fsp3) is 1.00. The lowest BCUT2D eigenvalue weighted by Crippen LogP contribution is -2.38. The van der Waals surface area contributed by atoms with Gasteiger partial charge in [0.1, 0.15) is 0 Å². The monoisotopic (exact) mass is 269 g/mol. The van der Waals surface area contributed by atoms with Gasteiger partial charge < -0.3 is 15.1 Å². The zero-order valence-corrected chi connectivity index (χ0v) is 13.6. The lowest BCUT2D eigenvalue weighted by atomic mass is 10.00. The van der Waals surface area contributed by atoms with Crippen molar-refractivity contribution < 1.29 is 0 Å². The summed E-state index contributed by atoms with van der Waals surface area (Å²) in [6, 6.07) is 0.606. The third-order valence-corrected chi connectivity index (χ3v) is 4.11. The summed E-state index contributed by atoms with van der Waals surface area (Å²) in [6.45, 7) is 14.2. The molecule has 0 amide bonds. The first kappa shape index (κ1) is 16.9. The first-order valence-corrected chi connectivity index (χ1v) is 8.26. The molecule has 0 aromatic heterocycles. The van der Waals surface area contributed by atoms with E-state index in [1.165, 1.54) is 58.4 Å². The molecule has 3 heteroatoms. The molecule has 0 radical (unpaired) electrons. The van der Waals surface area contributed by atoms with Crippen molar-refractivity contribution in [3.8, 4) is 0 Å². The molecule has 1 atom stereocenters. The van der Waals surface area contributed by atoms with Crippen LogP contribution in [0.15, 0.2) is 0 Å². The van der Waals surface area contributed by atoms with Gasteiger partial charge in [0.2, 0.25) is 0 Å². The lowest BCUT2D eigenvalue weighted by molar-refractivity contribution is 0.217. The summed E-state index contributed by atoms with van der Waals surface area (Å²) in [5.74, 6) is 0.913. The minimum absolute atomic E-state index is 0.606. The first-order chi connectivity index (χ1) is 9.11. The molecular weight excluding hydrogens is 234 g/mol. The summed E-state index contributed by atoms with van der Waals surface area (Å²) in [5, 5.41) is 3.54. The van der Waals surface area contributed by atoms with Crippen molar-refractivity contribution in [2.24, 2.45) is 5.92 Å². The van der Waals surface area contributed by atoms with E-state index in [4.69, 9.17) is 0 Å². The second kappa shape index (κ2) is 9.73. The number of hydrogen-bond acceptors (Lipinski definition) is 3. The fourth-order valence-corrected chi connectivity index (χ4v) is 2.98. The van der Waals surface area contributed by atoms with Crippen molar-refractivity contribution in [2.45, 2.75) is 52.5 Å². The first-order valence-electron chi connectivity index (χ1n) is 8.26. The quantitative estimate of drug-likeness (QED) is 0.730. The van der Waals surface area contributed by atoms with Gasteiger partial charge in [-0.2, -0.15) is 0 Å². The van der Waals surface area contributed by atoms with Gasteiger partial charge in [0.25, 0.3) is 0 Å². The number of nitrogens with zero attached hydrogens (tertiary/aromatic N) is 2. The molecule has 114 valence electrons. The molecule has 1 unspecified atom stereocenters. The van der Waals surface area contributed by atoms with Gasteiger partial charge in [-0.1, -0.05) is 20.8 Å². The fourth-order valence-electron chi connectivity index (χ4n) is 2.98. The van der Waals surface area contributed by atoms with Gasteiger partial charge in [0.05, 0.1) is 0 Å². The Labute approximate surface area is 120 Å². The van der Waals surface area contributed by atoms with Gasteiger partial charge in [-0.05, 0) is 58.3 Å². The lowest BCUT2D eigenvalue weighted by Gasteiger charge is -2.27. The topological polar surface area (TPSA) is 18.5 Å². The Morgan fingerprint density at radius 1 is 1.21 bits per heavy atom. The van der Waals surface area contributed by atoms with Gasteiger partial charge in [0, 0.05) is 25.7 Å². The van der Waals surface area contributed by atoms with Crippen LogP contribution in [0.3, 0.4) is 0 Å².